The summed E-state index contributed by atoms with van der Waals surface area (Å²) in [5.74, 6) is 0.954. The lowest BCUT2D eigenvalue weighted by molar-refractivity contribution is 0.335. The Hall–Kier alpha value is -1.19. The molecule has 0 aliphatic heterocycles. The Balaban J connectivity index is 1.61. The van der Waals surface area contributed by atoms with Gasteiger partial charge in [0.2, 0.25) is 0 Å². The molecular weight excluding hydrogens is 227 g/mol. The van der Waals surface area contributed by atoms with E-state index in [1.807, 2.05) is 31.0 Å². The summed E-state index contributed by atoms with van der Waals surface area (Å²) in [4.78, 5) is 0. The summed E-state index contributed by atoms with van der Waals surface area (Å²) in [6.45, 7) is 2.46. The van der Waals surface area contributed by atoms with Crippen LogP contribution in [0.1, 0.15) is 11.1 Å². The van der Waals surface area contributed by atoms with E-state index < -0.39 is 0 Å². The maximum Gasteiger partial charge on any atom is 0.372 e. The van der Waals surface area contributed by atoms with Crippen molar-refractivity contribution in [2.24, 2.45) is 0 Å². The van der Waals surface area contributed by atoms with Gasteiger partial charge in [0.15, 0.2) is 0 Å². The molecule has 2 rings (SSSR count). The van der Waals surface area contributed by atoms with Gasteiger partial charge < -0.3 is 4.65 Å². The number of benzene rings is 2. The summed E-state index contributed by atoms with van der Waals surface area (Å²) in [7, 11) is 0. The second-order valence-corrected chi connectivity index (χ2v) is 4.50. The predicted octanol–water partition coefficient (Wildman–Crippen LogP) is 3.67. The SMILES string of the molecule is [B](OCc1ccccc1)SCc1ccccc1. The van der Waals surface area contributed by atoms with Crippen molar-refractivity contribution in [3.05, 3.63) is 71.8 Å². The van der Waals surface area contributed by atoms with E-state index in [0.717, 1.165) is 5.75 Å². The fourth-order valence-electron chi connectivity index (χ4n) is 1.46. The average Bonchev–Trinajstić information content (AvgIpc) is 2.41. The Morgan fingerprint density at radius 3 is 2.06 bits per heavy atom. The first kappa shape index (κ1) is 12.3. The van der Waals surface area contributed by atoms with E-state index in [-0.39, 0.29) is 0 Å². The highest BCUT2D eigenvalue weighted by Gasteiger charge is 1.96. The molecule has 2 aromatic rings. The van der Waals surface area contributed by atoms with Crippen LogP contribution >= 0.6 is 11.6 Å². The van der Waals surface area contributed by atoms with E-state index in [9.17, 15) is 0 Å². The molecule has 0 heterocycles. The van der Waals surface area contributed by atoms with Crippen LogP contribution in [0.2, 0.25) is 0 Å². The van der Waals surface area contributed by atoms with E-state index >= 15 is 0 Å². The van der Waals surface area contributed by atoms with Crippen LogP contribution in [0, 0.1) is 0 Å². The van der Waals surface area contributed by atoms with Gasteiger partial charge in [-0.25, -0.2) is 0 Å². The fourth-order valence-corrected chi connectivity index (χ4v) is 2.07. The maximum absolute atomic E-state index is 5.48. The van der Waals surface area contributed by atoms with Crippen LogP contribution in [0.15, 0.2) is 60.7 Å². The molecule has 0 saturated heterocycles. The molecule has 0 saturated carbocycles. The Kier molecular flexibility index (Phi) is 5.20. The van der Waals surface area contributed by atoms with Crippen molar-refractivity contribution in [2.45, 2.75) is 12.4 Å². The number of rotatable bonds is 6. The van der Waals surface area contributed by atoms with E-state index in [4.69, 9.17) is 4.65 Å². The summed E-state index contributed by atoms with van der Waals surface area (Å²) in [5.41, 5.74) is 2.51. The zero-order valence-corrected chi connectivity index (χ0v) is 10.4. The normalized spacial score (nSPS) is 10.1. The zero-order chi connectivity index (χ0) is 11.8. The van der Waals surface area contributed by atoms with Crippen molar-refractivity contribution in [1.29, 1.82) is 0 Å². The first-order valence-corrected chi connectivity index (χ1v) is 6.63. The monoisotopic (exact) mass is 241 g/mol. The minimum absolute atomic E-state index is 0.641. The molecular formula is C14H14BOS. The third-order valence-electron chi connectivity index (χ3n) is 2.32. The van der Waals surface area contributed by atoms with Crippen molar-refractivity contribution in [1.82, 2.24) is 0 Å². The van der Waals surface area contributed by atoms with Crippen molar-refractivity contribution >= 4 is 18.4 Å². The van der Waals surface area contributed by atoms with Crippen molar-refractivity contribution in [3.8, 4) is 0 Å². The molecule has 0 aliphatic rings. The van der Waals surface area contributed by atoms with Crippen LogP contribution in [-0.2, 0) is 17.0 Å². The van der Waals surface area contributed by atoms with Crippen LogP contribution in [0.5, 0.6) is 0 Å². The highest BCUT2D eigenvalue weighted by Crippen LogP contribution is 2.11. The summed E-state index contributed by atoms with van der Waals surface area (Å²) < 4.78 is 5.48. The first-order chi connectivity index (χ1) is 8.45. The van der Waals surface area contributed by atoms with Crippen molar-refractivity contribution < 1.29 is 4.65 Å². The minimum Gasteiger partial charge on any atom is -0.424 e. The molecule has 0 amide bonds. The smallest absolute Gasteiger partial charge is 0.372 e. The van der Waals surface area contributed by atoms with Gasteiger partial charge in [-0.2, -0.15) is 11.6 Å². The molecule has 0 aromatic heterocycles. The summed E-state index contributed by atoms with van der Waals surface area (Å²) in [6, 6.07) is 20.6. The lowest BCUT2D eigenvalue weighted by Gasteiger charge is -2.03. The third kappa shape index (κ3) is 4.67. The topological polar surface area (TPSA) is 9.23 Å². The molecule has 1 radical (unpaired) electrons. The standard InChI is InChI=1S/C14H14BOS/c1-3-7-13(8-4-1)11-16-15-17-12-14-9-5-2-6-10-14/h1-10H,11-12H2. The van der Waals surface area contributed by atoms with Gasteiger partial charge in [-0.15, -0.1) is 0 Å². The molecule has 85 valence electrons. The molecule has 0 unspecified atom stereocenters. The highest BCUT2D eigenvalue weighted by atomic mass is 32.2. The van der Waals surface area contributed by atoms with Gasteiger partial charge in [0.1, 0.15) is 0 Å². The van der Waals surface area contributed by atoms with Crippen molar-refractivity contribution in [3.63, 3.8) is 0 Å². The minimum atomic E-state index is 0.641. The second-order valence-electron chi connectivity index (χ2n) is 3.69. The molecule has 0 fully saturated rings. The van der Waals surface area contributed by atoms with E-state index in [0.29, 0.717) is 6.61 Å². The van der Waals surface area contributed by atoms with Crippen LogP contribution in [0.25, 0.3) is 0 Å². The summed E-state index contributed by atoms with van der Waals surface area (Å²) >= 11 is 1.68. The lowest BCUT2D eigenvalue weighted by Crippen LogP contribution is -1.96. The van der Waals surface area contributed by atoms with Gasteiger partial charge >= 0.3 is 6.76 Å². The third-order valence-corrected chi connectivity index (χ3v) is 3.09. The van der Waals surface area contributed by atoms with Crippen molar-refractivity contribution in [2.75, 3.05) is 0 Å². The maximum atomic E-state index is 5.48. The molecule has 0 bridgehead atoms. The van der Waals surface area contributed by atoms with Crippen LogP contribution < -0.4 is 0 Å². The van der Waals surface area contributed by atoms with Gasteiger partial charge in [-0.05, 0) is 11.1 Å². The number of hydrogen-bond donors (Lipinski definition) is 0. The Bertz CT molecular complexity index is 377. The molecule has 0 atom stereocenters. The van der Waals surface area contributed by atoms with Crippen LogP contribution in [0.3, 0.4) is 0 Å². The van der Waals surface area contributed by atoms with Gasteiger partial charge in [-0.1, -0.05) is 60.7 Å². The van der Waals surface area contributed by atoms with Crippen LogP contribution in [0.4, 0.5) is 0 Å². The molecule has 0 N–H and O–H groups in total. The van der Waals surface area contributed by atoms with Crippen LogP contribution in [-0.4, -0.2) is 6.76 Å². The fraction of sp³-hybridized carbons (Fsp3) is 0.143. The molecule has 0 spiro atoms. The van der Waals surface area contributed by atoms with E-state index in [1.165, 1.54) is 11.1 Å². The zero-order valence-electron chi connectivity index (χ0n) is 9.58. The molecule has 2 aromatic carbocycles. The molecule has 1 nitrogen and oxygen atoms in total. The van der Waals surface area contributed by atoms with Gasteiger partial charge in [-0.3, -0.25) is 0 Å². The number of hydrogen-bond acceptors (Lipinski definition) is 2. The Morgan fingerprint density at radius 2 is 1.41 bits per heavy atom. The molecule has 0 aliphatic carbocycles. The molecule has 3 heteroatoms. The summed E-state index contributed by atoms with van der Waals surface area (Å²) in [6.07, 6.45) is 0. The quantitative estimate of drug-likeness (QED) is 0.563. The first-order valence-electron chi connectivity index (χ1n) is 5.58. The van der Waals surface area contributed by atoms with Gasteiger partial charge in [0.05, 0.1) is 6.61 Å². The largest absolute Gasteiger partial charge is 0.424 e. The van der Waals surface area contributed by atoms with E-state index in [2.05, 4.69) is 36.4 Å². The second kappa shape index (κ2) is 7.20. The molecule has 17 heavy (non-hydrogen) atoms. The highest BCUT2D eigenvalue weighted by molar-refractivity contribution is 8.21. The Labute approximate surface area is 107 Å². The predicted molar refractivity (Wildman–Crippen MR) is 74.7 cm³/mol. The van der Waals surface area contributed by atoms with Gasteiger partial charge in [0, 0.05) is 5.75 Å². The average molecular weight is 241 g/mol. The Morgan fingerprint density at radius 1 is 0.824 bits per heavy atom. The summed E-state index contributed by atoms with van der Waals surface area (Å²) in [5, 5.41) is 0. The van der Waals surface area contributed by atoms with E-state index in [1.54, 1.807) is 11.6 Å². The lowest BCUT2D eigenvalue weighted by atomic mass is 10.2. The van der Waals surface area contributed by atoms with Gasteiger partial charge in [0.25, 0.3) is 0 Å².